The molecule has 0 atom stereocenters. The van der Waals surface area contributed by atoms with Crippen LogP contribution in [0.25, 0.3) is 0 Å². The molecule has 3 N–H and O–H groups in total. The lowest BCUT2D eigenvalue weighted by molar-refractivity contribution is -0.402. The number of hydrogen-bond donors (Lipinski definition) is 1. The minimum absolute atomic E-state index is 0. The lowest BCUT2D eigenvalue weighted by Crippen LogP contribution is -1.74. The Morgan fingerprint density at radius 3 is 1.40 bits per heavy atom. The molecule has 0 rings (SSSR count). The highest BCUT2D eigenvalue weighted by Crippen LogP contribution is 1.44. The topological polar surface area (TPSA) is 101 Å². The molecule has 32 valence electrons. The molecule has 0 amide bonds. The van der Waals surface area contributed by atoms with Crippen molar-refractivity contribution in [3.63, 3.8) is 0 Å². The van der Waals surface area contributed by atoms with Crippen LogP contribution in [0.3, 0.4) is 0 Å². The monoisotopic (exact) mass is 79.0 g/mol. The molecule has 0 aliphatic heterocycles. The molecule has 0 heterocycles. The molecule has 0 fully saturated rings. The first-order valence-corrected chi connectivity index (χ1v) is 0.548. The lowest BCUT2D eigenvalue weighted by Gasteiger charge is -1.74. The summed E-state index contributed by atoms with van der Waals surface area (Å²) < 4.78 is 0. The van der Waals surface area contributed by atoms with Crippen LogP contribution >= 0.6 is 0 Å². The molecular weight excluding hydrogens is 76.0 g/mol. The normalized spacial score (nSPS) is 4.80. The third kappa shape index (κ3) is 6.03. The summed E-state index contributed by atoms with van der Waals surface area (Å²) in [5.41, 5.74) is 0. The minimum atomic E-state index is -1.75. The van der Waals surface area contributed by atoms with Gasteiger partial charge < -0.3 is 21.5 Å². The van der Waals surface area contributed by atoms with Crippen LogP contribution in [0.15, 0.2) is 0 Å². The average Bonchev–Trinajstić information content (AvgIpc) is 0.811. The fourth-order valence-corrected chi connectivity index (χ4v) is 0. The molecule has 0 saturated carbocycles. The fourth-order valence-electron chi connectivity index (χ4n) is 0. The first-order chi connectivity index (χ1) is 1.73. The summed E-state index contributed by atoms with van der Waals surface area (Å²) in [6, 6.07) is 0. The maximum atomic E-state index is 8.25. The van der Waals surface area contributed by atoms with E-state index in [1.807, 2.05) is 0 Å². The Morgan fingerprint density at radius 2 is 1.40 bits per heavy atom. The van der Waals surface area contributed by atoms with Gasteiger partial charge in [0, 0.05) is 0 Å². The Labute approximate surface area is 27.9 Å². The van der Waals surface area contributed by atoms with Gasteiger partial charge in [0.15, 0.2) is 0 Å². The van der Waals surface area contributed by atoms with Crippen LogP contribution in [0, 0.1) is 15.3 Å². The minimum Gasteiger partial charge on any atom is -0.356 e. The molecule has 0 aromatic heterocycles. The highest BCUT2D eigenvalue weighted by Gasteiger charge is 1.45. The highest BCUT2D eigenvalue weighted by molar-refractivity contribution is 4.03. The molecule has 5 heavy (non-hydrogen) atoms. The van der Waals surface area contributed by atoms with Crippen LogP contribution in [-0.4, -0.2) is 5.09 Å². The van der Waals surface area contributed by atoms with Gasteiger partial charge in [0.2, 0.25) is 0 Å². The Hall–Kier alpha value is -0.840. The van der Waals surface area contributed by atoms with E-state index in [1.165, 1.54) is 0 Å². The SMILES string of the molecule is N.O=[N+]([O-])[O-]. The molecule has 0 aliphatic rings. The summed E-state index contributed by atoms with van der Waals surface area (Å²) >= 11 is 0. The molecule has 0 unspecified atom stereocenters. The van der Waals surface area contributed by atoms with Gasteiger partial charge in [-0.2, -0.15) is 0 Å². The summed E-state index contributed by atoms with van der Waals surface area (Å²) in [5, 5.41) is 14.8. The Morgan fingerprint density at radius 1 is 1.40 bits per heavy atom. The van der Waals surface area contributed by atoms with Crippen LogP contribution in [0.1, 0.15) is 0 Å². The standard InChI is InChI=1S/NO3.H3N/c2-1(3)4;/h;1H3/q-1;. The van der Waals surface area contributed by atoms with Crippen molar-refractivity contribution in [2.45, 2.75) is 0 Å². The second-order valence-corrected chi connectivity index (χ2v) is 0.224. The number of rotatable bonds is 0. The van der Waals surface area contributed by atoms with Gasteiger partial charge in [-0.25, -0.2) is 0 Å². The molecule has 0 bridgehead atoms. The smallest absolute Gasteiger partial charge is 0.0689 e. The van der Waals surface area contributed by atoms with Gasteiger partial charge in [-0.1, -0.05) is 0 Å². The Bertz CT molecular complexity index is 27.9. The van der Waals surface area contributed by atoms with Gasteiger partial charge in [-0.05, 0) is 0 Å². The first kappa shape index (κ1) is 8.90. The van der Waals surface area contributed by atoms with Crippen molar-refractivity contribution in [2.24, 2.45) is 0 Å². The summed E-state index contributed by atoms with van der Waals surface area (Å²) in [6.45, 7) is 0. The summed E-state index contributed by atoms with van der Waals surface area (Å²) in [6.07, 6.45) is 0. The van der Waals surface area contributed by atoms with Crippen molar-refractivity contribution in [1.82, 2.24) is 6.15 Å². The molecule has 5 heteroatoms. The van der Waals surface area contributed by atoms with Gasteiger partial charge in [-0.3, -0.25) is 0 Å². The van der Waals surface area contributed by atoms with Crippen LogP contribution in [0.2, 0.25) is 0 Å². The summed E-state index contributed by atoms with van der Waals surface area (Å²) in [7, 11) is 0. The van der Waals surface area contributed by atoms with Gasteiger partial charge in [0.05, 0.1) is 5.09 Å². The van der Waals surface area contributed by atoms with Crippen molar-refractivity contribution in [3.05, 3.63) is 15.3 Å². The second kappa shape index (κ2) is 3.16. The zero-order valence-corrected chi connectivity index (χ0v) is 2.38. The molecular formula is H3N2O3-. The first-order valence-electron chi connectivity index (χ1n) is 0.548. The van der Waals surface area contributed by atoms with E-state index in [4.69, 9.17) is 15.3 Å². The van der Waals surface area contributed by atoms with E-state index in [2.05, 4.69) is 0 Å². The fraction of sp³-hybridized carbons (Fsp3) is 0. The summed E-state index contributed by atoms with van der Waals surface area (Å²) in [4.78, 5) is 8.25. The van der Waals surface area contributed by atoms with Crippen LogP contribution < -0.4 is 6.15 Å². The zero-order valence-electron chi connectivity index (χ0n) is 2.38. The van der Waals surface area contributed by atoms with Gasteiger partial charge in [0.25, 0.3) is 0 Å². The van der Waals surface area contributed by atoms with Crippen molar-refractivity contribution in [3.8, 4) is 0 Å². The predicted octanol–water partition coefficient (Wildman–Crippen LogP) is -0.0771. The molecule has 0 spiro atoms. The van der Waals surface area contributed by atoms with Crippen molar-refractivity contribution >= 4 is 0 Å². The van der Waals surface area contributed by atoms with E-state index in [9.17, 15) is 0 Å². The van der Waals surface area contributed by atoms with E-state index in [-0.39, 0.29) is 6.15 Å². The van der Waals surface area contributed by atoms with E-state index in [1.54, 1.807) is 0 Å². The molecule has 0 saturated heterocycles. The predicted molar refractivity (Wildman–Crippen MR) is 15.4 cm³/mol. The average molecular weight is 79.0 g/mol. The van der Waals surface area contributed by atoms with Gasteiger partial charge in [0.1, 0.15) is 0 Å². The van der Waals surface area contributed by atoms with E-state index < -0.39 is 5.09 Å². The number of hydrogen-bond acceptors (Lipinski definition) is 4. The highest BCUT2D eigenvalue weighted by atomic mass is 16.9. The number of nitrogens with zero attached hydrogens (tertiary/aromatic N) is 1. The van der Waals surface area contributed by atoms with Crippen LogP contribution in [0.5, 0.6) is 0 Å². The van der Waals surface area contributed by atoms with Crippen molar-refractivity contribution in [2.75, 3.05) is 0 Å². The third-order valence-corrected chi connectivity index (χ3v) is 0. The molecule has 0 aromatic rings. The van der Waals surface area contributed by atoms with Gasteiger partial charge in [-0.15, -0.1) is 0 Å². The van der Waals surface area contributed by atoms with E-state index in [0.717, 1.165) is 0 Å². The van der Waals surface area contributed by atoms with Crippen LogP contribution in [0.4, 0.5) is 0 Å². The van der Waals surface area contributed by atoms with Crippen molar-refractivity contribution < 1.29 is 5.09 Å². The molecule has 0 aromatic carbocycles. The maximum Gasteiger partial charge on any atom is 0.0689 e. The Balaban J connectivity index is 0. The summed E-state index contributed by atoms with van der Waals surface area (Å²) in [5.74, 6) is 0. The lowest BCUT2D eigenvalue weighted by atomic mass is 13.1. The van der Waals surface area contributed by atoms with E-state index >= 15 is 0 Å². The van der Waals surface area contributed by atoms with Crippen LogP contribution in [-0.2, 0) is 0 Å². The van der Waals surface area contributed by atoms with E-state index in [0.29, 0.717) is 0 Å². The molecule has 0 aliphatic carbocycles. The maximum absolute atomic E-state index is 8.25. The zero-order chi connectivity index (χ0) is 3.58. The largest absolute Gasteiger partial charge is 0.356 e. The second-order valence-electron chi connectivity index (χ2n) is 0.224. The quantitative estimate of drug-likeness (QED) is 0.324. The third-order valence-electron chi connectivity index (χ3n) is 0. The Kier molecular flexibility index (Phi) is 5.63. The van der Waals surface area contributed by atoms with Crippen molar-refractivity contribution in [1.29, 1.82) is 0 Å². The van der Waals surface area contributed by atoms with Gasteiger partial charge >= 0.3 is 0 Å². The molecule has 5 nitrogen and oxygen atoms in total. The molecule has 0 radical (unpaired) electrons.